The van der Waals surface area contributed by atoms with Gasteiger partial charge in [0.2, 0.25) is 0 Å². The molecule has 0 bridgehead atoms. The quantitative estimate of drug-likeness (QED) is 0.611. The smallest absolute Gasteiger partial charge is 0.257 e. The first kappa shape index (κ1) is 22.3. The van der Waals surface area contributed by atoms with E-state index in [0.29, 0.717) is 35.6 Å². The van der Waals surface area contributed by atoms with Crippen LogP contribution < -0.4 is 15.4 Å². The number of hydrogen-bond donors (Lipinski definition) is 3. The summed E-state index contributed by atoms with van der Waals surface area (Å²) in [5, 5.41) is 15.9. The van der Waals surface area contributed by atoms with Gasteiger partial charge < -0.3 is 20.5 Å². The average molecular weight is 438 g/mol. The lowest BCUT2D eigenvalue weighted by Gasteiger charge is -2.28. The van der Waals surface area contributed by atoms with Gasteiger partial charge in [0.1, 0.15) is 5.75 Å². The Kier molecular flexibility index (Phi) is 6.46. The van der Waals surface area contributed by atoms with Crippen molar-refractivity contribution in [3.05, 3.63) is 53.3 Å². The predicted molar refractivity (Wildman–Crippen MR) is 122 cm³/mol. The number of nitrogens with zero attached hydrogens (tertiary/aromatic N) is 1. The van der Waals surface area contributed by atoms with Crippen LogP contribution in [0.5, 0.6) is 5.75 Å². The van der Waals surface area contributed by atoms with E-state index in [1.54, 1.807) is 30.5 Å². The number of aliphatic hydroxyl groups is 1. The minimum absolute atomic E-state index is 0.234. The molecule has 170 valence electrons. The molecule has 0 spiro atoms. The monoisotopic (exact) mass is 437 g/mol. The zero-order chi connectivity index (χ0) is 22.7. The minimum atomic E-state index is -0.512. The van der Waals surface area contributed by atoms with Crippen LogP contribution in [0.4, 0.5) is 5.69 Å². The molecule has 7 heteroatoms. The maximum atomic E-state index is 12.8. The van der Waals surface area contributed by atoms with Crippen molar-refractivity contribution in [2.24, 2.45) is 5.41 Å². The van der Waals surface area contributed by atoms with E-state index in [-0.39, 0.29) is 23.3 Å². The molecular weight excluding hydrogens is 406 g/mol. The Bertz CT molecular complexity index is 1000. The van der Waals surface area contributed by atoms with Gasteiger partial charge in [-0.3, -0.25) is 14.6 Å². The first-order chi connectivity index (χ1) is 15.3. The zero-order valence-electron chi connectivity index (χ0n) is 18.7. The predicted octanol–water partition coefficient (Wildman–Crippen LogP) is 3.85. The Morgan fingerprint density at radius 3 is 2.66 bits per heavy atom. The summed E-state index contributed by atoms with van der Waals surface area (Å²) in [7, 11) is 0. The standard InChI is InChI=1S/C25H31N3O4/c1-16-7-8-17(23(30)27-20-5-3-4-6-22(20)29)12-21(16)28-24(31)18-11-19(14-26-13-18)32-15-25(2)9-10-25/h7-8,11-14,20,22,29H,3-6,9-10,15H2,1-2H3,(H,27,30)(H,28,31)/t20-,22-/m0/s1. The molecule has 0 saturated heterocycles. The summed E-state index contributed by atoms with van der Waals surface area (Å²) in [5.74, 6) is 0.00249. The lowest BCUT2D eigenvalue weighted by atomic mass is 9.92. The molecule has 0 aliphatic heterocycles. The summed E-state index contributed by atoms with van der Waals surface area (Å²) in [6.07, 6.45) is 8.36. The number of carbonyl (C=O) groups is 2. The second-order valence-electron chi connectivity index (χ2n) is 9.42. The highest BCUT2D eigenvalue weighted by Crippen LogP contribution is 2.45. The molecule has 0 radical (unpaired) electrons. The van der Waals surface area contributed by atoms with Crippen molar-refractivity contribution in [1.29, 1.82) is 0 Å². The fourth-order valence-corrected chi connectivity index (χ4v) is 3.86. The molecule has 2 amide bonds. The zero-order valence-corrected chi connectivity index (χ0v) is 18.7. The van der Waals surface area contributed by atoms with Crippen LogP contribution in [0.2, 0.25) is 0 Å². The number of rotatable bonds is 7. The van der Waals surface area contributed by atoms with Gasteiger partial charge in [-0.1, -0.05) is 25.8 Å². The molecule has 7 nitrogen and oxygen atoms in total. The van der Waals surface area contributed by atoms with Crippen LogP contribution in [0.15, 0.2) is 36.7 Å². The van der Waals surface area contributed by atoms with Gasteiger partial charge >= 0.3 is 0 Å². The molecule has 32 heavy (non-hydrogen) atoms. The average Bonchev–Trinajstić information content (AvgIpc) is 3.53. The Labute approximate surface area is 188 Å². The van der Waals surface area contributed by atoms with E-state index in [4.69, 9.17) is 4.74 Å². The topological polar surface area (TPSA) is 101 Å². The van der Waals surface area contributed by atoms with Gasteiger partial charge in [-0.25, -0.2) is 0 Å². The number of aromatic nitrogens is 1. The van der Waals surface area contributed by atoms with Crippen molar-refractivity contribution < 1.29 is 19.4 Å². The highest BCUT2D eigenvalue weighted by atomic mass is 16.5. The molecule has 3 N–H and O–H groups in total. The Morgan fingerprint density at radius 2 is 1.91 bits per heavy atom. The molecule has 1 aromatic heterocycles. The normalized spacial score (nSPS) is 21.5. The van der Waals surface area contributed by atoms with Gasteiger partial charge in [-0.15, -0.1) is 0 Å². The number of pyridine rings is 1. The van der Waals surface area contributed by atoms with Crippen molar-refractivity contribution in [3.8, 4) is 5.75 Å². The second-order valence-corrected chi connectivity index (χ2v) is 9.42. The highest BCUT2D eigenvalue weighted by molar-refractivity contribution is 6.05. The van der Waals surface area contributed by atoms with Crippen molar-refractivity contribution in [2.75, 3.05) is 11.9 Å². The van der Waals surface area contributed by atoms with Gasteiger partial charge in [-0.2, -0.15) is 0 Å². The number of ether oxygens (including phenoxy) is 1. The number of carbonyl (C=O) groups excluding carboxylic acids is 2. The first-order valence-corrected chi connectivity index (χ1v) is 11.3. The Morgan fingerprint density at radius 1 is 1.12 bits per heavy atom. The first-order valence-electron chi connectivity index (χ1n) is 11.3. The Hall–Kier alpha value is -2.93. The molecule has 2 aromatic rings. The molecule has 2 fully saturated rings. The molecule has 1 aromatic carbocycles. The Balaban J connectivity index is 1.42. The van der Waals surface area contributed by atoms with Crippen LogP contribution in [0.1, 0.15) is 71.7 Å². The SMILES string of the molecule is Cc1ccc(C(=O)N[C@H]2CCCC[C@@H]2O)cc1NC(=O)c1cncc(OCC2(C)CC2)c1. The van der Waals surface area contributed by atoms with Crippen LogP contribution in [-0.4, -0.2) is 40.7 Å². The molecule has 0 unspecified atom stereocenters. The van der Waals surface area contributed by atoms with E-state index in [1.165, 1.54) is 6.20 Å². The number of benzene rings is 1. The molecule has 4 rings (SSSR count). The van der Waals surface area contributed by atoms with Crippen LogP contribution >= 0.6 is 0 Å². The summed E-state index contributed by atoms with van der Waals surface area (Å²) in [5.41, 5.74) is 2.47. The number of aryl methyl sites for hydroxylation is 1. The number of anilines is 1. The molecule has 2 atom stereocenters. The molecule has 2 aliphatic carbocycles. The highest BCUT2D eigenvalue weighted by Gasteiger charge is 2.38. The number of hydrogen-bond acceptors (Lipinski definition) is 5. The van der Waals surface area contributed by atoms with Crippen molar-refractivity contribution >= 4 is 17.5 Å². The van der Waals surface area contributed by atoms with Gasteiger partial charge in [0, 0.05) is 22.9 Å². The number of aliphatic hydroxyl groups excluding tert-OH is 1. The van der Waals surface area contributed by atoms with Gasteiger partial charge in [-0.05, 0) is 56.4 Å². The van der Waals surface area contributed by atoms with Crippen LogP contribution in [0.3, 0.4) is 0 Å². The minimum Gasteiger partial charge on any atom is -0.491 e. The van der Waals surface area contributed by atoms with Gasteiger partial charge in [0.15, 0.2) is 0 Å². The number of nitrogens with one attached hydrogen (secondary N) is 2. The molecule has 1 heterocycles. The maximum absolute atomic E-state index is 12.8. The fraction of sp³-hybridized carbons (Fsp3) is 0.480. The van der Waals surface area contributed by atoms with Crippen LogP contribution in [0.25, 0.3) is 0 Å². The van der Waals surface area contributed by atoms with E-state index < -0.39 is 6.10 Å². The van der Waals surface area contributed by atoms with E-state index in [1.807, 2.05) is 6.92 Å². The fourth-order valence-electron chi connectivity index (χ4n) is 3.86. The van der Waals surface area contributed by atoms with Gasteiger partial charge in [0.05, 0.1) is 30.5 Å². The maximum Gasteiger partial charge on any atom is 0.257 e. The van der Waals surface area contributed by atoms with E-state index in [0.717, 1.165) is 37.7 Å². The third kappa shape index (κ3) is 5.46. The second kappa shape index (κ2) is 9.28. The summed E-state index contributed by atoms with van der Waals surface area (Å²) in [6.45, 7) is 4.67. The van der Waals surface area contributed by atoms with Crippen LogP contribution in [-0.2, 0) is 0 Å². The van der Waals surface area contributed by atoms with E-state index in [9.17, 15) is 14.7 Å². The number of amides is 2. The third-order valence-corrected chi connectivity index (χ3v) is 6.46. The summed E-state index contributed by atoms with van der Waals surface area (Å²) < 4.78 is 5.81. The van der Waals surface area contributed by atoms with E-state index in [2.05, 4.69) is 22.5 Å². The van der Waals surface area contributed by atoms with Crippen molar-refractivity contribution in [2.45, 2.75) is 64.5 Å². The molecule has 2 saturated carbocycles. The molecule has 2 aliphatic rings. The lowest BCUT2D eigenvalue weighted by Crippen LogP contribution is -2.45. The van der Waals surface area contributed by atoms with Crippen LogP contribution in [0, 0.1) is 12.3 Å². The largest absolute Gasteiger partial charge is 0.491 e. The lowest BCUT2D eigenvalue weighted by molar-refractivity contribution is 0.0717. The van der Waals surface area contributed by atoms with E-state index >= 15 is 0 Å². The summed E-state index contributed by atoms with van der Waals surface area (Å²) >= 11 is 0. The summed E-state index contributed by atoms with van der Waals surface area (Å²) in [4.78, 5) is 29.7. The van der Waals surface area contributed by atoms with Gasteiger partial charge in [0.25, 0.3) is 11.8 Å². The van der Waals surface area contributed by atoms with Crippen molar-refractivity contribution in [1.82, 2.24) is 10.3 Å². The molecular formula is C25H31N3O4. The summed E-state index contributed by atoms with van der Waals surface area (Å²) in [6, 6.07) is 6.64. The van der Waals surface area contributed by atoms with Crippen molar-refractivity contribution in [3.63, 3.8) is 0 Å². The third-order valence-electron chi connectivity index (χ3n) is 6.46.